The van der Waals surface area contributed by atoms with Crippen molar-refractivity contribution in [3.05, 3.63) is 53.4 Å². The molecule has 0 aliphatic heterocycles. The van der Waals surface area contributed by atoms with Crippen LogP contribution < -0.4 is 5.43 Å². The number of hydrazone groups is 1. The van der Waals surface area contributed by atoms with E-state index in [2.05, 4.69) is 20.7 Å². The minimum Gasteiger partial charge on any atom is -0.455 e. The minimum atomic E-state index is 0.341. The summed E-state index contributed by atoms with van der Waals surface area (Å²) in [6.07, 6.45) is 0. The third-order valence-electron chi connectivity index (χ3n) is 2.75. The van der Waals surface area contributed by atoms with Crippen LogP contribution in [0.25, 0.3) is 11.0 Å². The maximum absolute atomic E-state index is 5.71. The van der Waals surface area contributed by atoms with Crippen LogP contribution in [0.2, 0.25) is 5.15 Å². The molecule has 3 rings (SSSR count). The molecule has 0 aliphatic rings. The second-order valence-electron chi connectivity index (χ2n) is 4.20. The lowest BCUT2D eigenvalue weighted by Gasteiger charge is -1.99. The number of rotatable bonds is 3. The zero-order chi connectivity index (χ0) is 13.9. The predicted molar refractivity (Wildman–Crippen MR) is 79.1 cm³/mol. The summed E-state index contributed by atoms with van der Waals surface area (Å²) in [4.78, 5) is 0. The Morgan fingerprint density at radius 2 is 2.05 bits per heavy atom. The molecule has 20 heavy (non-hydrogen) atoms. The molecule has 0 unspecified atom stereocenters. The number of anilines is 1. The molecule has 0 bridgehead atoms. The molecular weight excluding hydrogens is 276 g/mol. The van der Waals surface area contributed by atoms with Crippen LogP contribution >= 0.6 is 11.6 Å². The molecule has 0 radical (unpaired) electrons. The second-order valence-corrected chi connectivity index (χ2v) is 4.59. The Labute approximate surface area is 120 Å². The smallest absolute Gasteiger partial charge is 0.168 e. The van der Waals surface area contributed by atoms with E-state index >= 15 is 0 Å². The Bertz CT molecular complexity index is 731. The highest BCUT2D eigenvalue weighted by Crippen LogP contribution is 2.19. The molecule has 0 fully saturated rings. The van der Waals surface area contributed by atoms with E-state index < -0.39 is 0 Å². The fraction of sp³-hybridized carbons (Fsp3) is 0.0714. The first-order valence-corrected chi connectivity index (χ1v) is 6.39. The normalized spacial score (nSPS) is 11.8. The lowest BCUT2D eigenvalue weighted by molar-refractivity contribution is 0.604. The number of para-hydroxylation sites is 1. The van der Waals surface area contributed by atoms with Gasteiger partial charge in [-0.05, 0) is 31.2 Å². The van der Waals surface area contributed by atoms with E-state index in [1.165, 1.54) is 0 Å². The summed E-state index contributed by atoms with van der Waals surface area (Å²) in [5.41, 5.74) is 4.37. The standard InChI is InChI=1S/C14H11ClN4O/c1-9(16-18-14-7-6-13(15)17-19-14)12-8-10-4-2-3-5-11(10)20-12/h2-8H,1H3,(H,18,19)/b16-9+. The van der Waals surface area contributed by atoms with E-state index in [1.807, 2.05) is 37.3 Å². The number of hydrogen-bond donors (Lipinski definition) is 1. The Morgan fingerprint density at radius 1 is 1.20 bits per heavy atom. The van der Waals surface area contributed by atoms with Crippen LogP contribution in [-0.2, 0) is 0 Å². The average molecular weight is 287 g/mol. The highest BCUT2D eigenvalue weighted by molar-refractivity contribution is 6.29. The zero-order valence-electron chi connectivity index (χ0n) is 10.7. The topological polar surface area (TPSA) is 63.3 Å². The Morgan fingerprint density at radius 3 is 2.80 bits per heavy atom. The van der Waals surface area contributed by atoms with Gasteiger partial charge in [-0.25, -0.2) is 0 Å². The van der Waals surface area contributed by atoms with Gasteiger partial charge in [0, 0.05) is 5.39 Å². The van der Waals surface area contributed by atoms with E-state index in [0.717, 1.165) is 16.7 Å². The Balaban J connectivity index is 1.82. The van der Waals surface area contributed by atoms with Gasteiger partial charge in [0.25, 0.3) is 0 Å². The number of benzene rings is 1. The summed E-state index contributed by atoms with van der Waals surface area (Å²) < 4.78 is 5.71. The van der Waals surface area contributed by atoms with Gasteiger partial charge in [0.2, 0.25) is 0 Å². The molecule has 0 saturated heterocycles. The summed E-state index contributed by atoms with van der Waals surface area (Å²) in [6, 6.07) is 13.1. The number of fused-ring (bicyclic) bond motifs is 1. The van der Waals surface area contributed by atoms with Crippen molar-refractivity contribution in [1.29, 1.82) is 0 Å². The van der Waals surface area contributed by atoms with E-state index in [9.17, 15) is 0 Å². The van der Waals surface area contributed by atoms with Crippen molar-refractivity contribution < 1.29 is 4.42 Å². The van der Waals surface area contributed by atoms with Crippen molar-refractivity contribution in [3.8, 4) is 0 Å². The molecule has 1 aromatic carbocycles. The monoisotopic (exact) mass is 286 g/mol. The van der Waals surface area contributed by atoms with Gasteiger partial charge < -0.3 is 4.42 Å². The number of aromatic nitrogens is 2. The molecule has 0 aliphatic carbocycles. The number of furan rings is 1. The molecule has 0 amide bonds. The Hall–Kier alpha value is -2.40. The predicted octanol–water partition coefficient (Wildman–Crippen LogP) is 3.71. The van der Waals surface area contributed by atoms with E-state index in [0.29, 0.717) is 16.7 Å². The maximum Gasteiger partial charge on any atom is 0.168 e. The summed E-state index contributed by atoms with van der Waals surface area (Å²) >= 11 is 5.66. The van der Waals surface area contributed by atoms with Crippen LogP contribution in [0.15, 0.2) is 52.0 Å². The first kappa shape index (κ1) is 12.6. The van der Waals surface area contributed by atoms with Crippen molar-refractivity contribution in [2.24, 2.45) is 5.10 Å². The molecule has 0 spiro atoms. The third kappa shape index (κ3) is 2.62. The van der Waals surface area contributed by atoms with Crippen molar-refractivity contribution in [2.75, 3.05) is 5.43 Å². The summed E-state index contributed by atoms with van der Waals surface area (Å²) in [5.74, 6) is 1.23. The van der Waals surface area contributed by atoms with Crippen LogP contribution in [0.3, 0.4) is 0 Å². The van der Waals surface area contributed by atoms with E-state index in [1.54, 1.807) is 12.1 Å². The summed E-state index contributed by atoms with van der Waals surface area (Å²) in [7, 11) is 0. The Kier molecular flexibility index (Phi) is 3.35. The molecule has 100 valence electrons. The number of nitrogens with one attached hydrogen (secondary N) is 1. The first-order chi connectivity index (χ1) is 9.72. The lowest BCUT2D eigenvalue weighted by atomic mass is 10.2. The van der Waals surface area contributed by atoms with Gasteiger partial charge in [0.1, 0.15) is 11.3 Å². The van der Waals surface area contributed by atoms with E-state index in [-0.39, 0.29) is 0 Å². The summed E-state index contributed by atoms with van der Waals surface area (Å²) in [5, 5.41) is 13.2. The first-order valence-electron chi connectivity index (χ1n) is 6.01. The number of hydrogen-bond acceptors (Lipinski definition) is 5. The quantitative estimate of drug-likeness (QED) is 0.589. The molecule has 0 atom stereocenters. The number of halogens is 1. The minimum absolute atomic E-state index is 0.341. The molecule has 0 saturated carbocycles. The highest BCUT2D eigenvalue weighted by Gasteiger charge is 2.06. The van der Waals surface area contributed by atoms with Gasteiger partial charge >= 0.3 is 0 Å². The van der Waals surface area contributed by atoms with Crippen LogP contribution in [0.4, 0.5) is 5.82 Å². The van der Waals surface area contributed by atoms with Crippen LogP contribution in [0, 0.1) is 0 Å². The van der Waals surface area contributed by atoms with Gasteiger partial charge in [-0.2, -0.15) is 5.10 Å². The second kappa shape index (κ2) is 5.30. The average Bonchev–Trinajstić information content (AvgIpc) is 2.90. The fourth-order valence-corrected chi connectivity index (χ4v) is 1.83. The molecule has 6 heteroatoms. The zero-order valence-corrected chi connectivity index (χ0v) is 11.4. The maximum atomic E-state index is 5.71. The summed E-state index contributed by atoms with van der Waals surface area (Å²) in [6.45, 7) is 1.86. The SMILES string of the molecule is C/C(=N\Nc1ccc(Cl)nn1)c1cc2ccccc2o1. The van der Waals surface area contributed by atoms with Crippen molar-refractivity contribution in [2.45, 2.75) is 6.92 Å². The third-order valence-corrected chi connectivity index (χ3v) is 2.95. The lowest BCUT2D eigenvalue weighted by Crippen LogP contribution is -2.00. The van der Waals surface area contributed by atoms with E-state index in [4.69, 9.17) is 16.0 Å². The molecule has 2 aromatic heterocycles. The van der Waals surface area contributed by atoms with Gasteiger partial charge in [-0.15, -0.1) is 10.2 Å². The highest BCUT2D eigenvalue weighted by atomic mass is 35.5. The number of nitrogens with zero attached hydrogens (tertiary/aromatic N) is 3. The fourth-order valence-electron chi connectivity index (χ4n) is 1.73. The van der Waals surface area contributed by atoms with Crippen LogP contribution in [-0.4, -0.2) is 15.9 Å². The largest absolute Gasteiger partial charge is 0.455 e. The molecular formula is C14H11ClN4O. The van der Waals surface area contributed by atoms with Gasteiger partial charge in [-0.3, -0.25) is 5.43 Å². The van der Waals surface area contributed by atoms with Crippen LogP contribution in [0.5, 0.6) is 0 Å². The molecule has 1 N–H and O–H groups in total. The van der Waals surface area contributed by atoms with Gasteiger partial charge in [-0.1, -0.05) is 29.8 Å². The van der Waals surface area contributed by atoms with Crippen molar-refractivity contribution in [1.82, 2.24) is 10.2 Å². The molecule has 5 nitrogen and oxygen atoms in total. The van der Waals surface area contributed by atoms with Gasteiger partial charge in [0.05, 0.1) is 0 Å². The van der Waals surface area contributed by atoms with Crippen molar-refractivity contribution >= 4 is 34.1 Å². The van der Waals surface area contributed by atoms with Crippen molar-refractivity contribution in [3.63, 3.8) is 0 Å². The molecule has 3 aromatic rings. The van der Waals surface area contributed by atoms with Gasteiger partial charge in [0.15, 0.2) is 16.7 Å². The molecule has 2 heterocycles. The van der Waals surface area contributed by atoms with Crippen LogP contribution in [0.1, 0.15) is 12.7 Å².